The molecule has 5 aromatic rings. The molecule has 0 radical (unpaired) electrons. The van der Waals surface area contributed by atoms with Crippen molar-refractivity contribution in [3.8, 4) is 17.1 Å². The Hall–Kier alpha value is -4.98. The minimum atomic E-state index is -0.162. The molecule has 1 N–H and O–H groups in total. The molecule has 0 saturated heterocycles. The molecule has 1 saturated carbocycles. The van der Waals surface area contributed by atoms with Crippen molar-refractivity contribution in [3.05, 3.63) is 82.8 Å². The fourth-order valence-electron chi connectivity index (χ4n) is 5.03. The Kier molecular flexibility index (Phi) is 6.28. The van der Waals surface area contributed by atoms with Gasteiger partial charge in [0.15, 0.2) is 5.69 Å². The third kappa shape index (κ3) is 4.96. The largest absolute Gasteiger partial charge is 0.473 e. The van der Waals surface area contributed by atoms with E-state index in [9.17, 15) is 4.79 Å². The average molecular weight is 522 g/mol. The smallest absolute Gasteiger partial charge is 0.266 e. The molecule has 0 bridgehead atoms. The van der Waals surface area contributed by atoms with E-state index in [1.54, 1.807) is 29.9 Å². The lowest BCUT2D eigenvalue weighted by Gasteiger charge is -2.29. The lowest BCUT2D eigenvalue weighted by Crippen LogP contribution is -2.27. The second kappa shape index (κ2) is 10.1. The summed E-state index contributed by atoms with van der Waals surface area (Å²) in [4.78, 5) is 19.8. The van der Waals surface area contributed by atoms with E-state index >= 15 is 0 Å². The van der Waals surface area contributed by atoms with Crippen LogP contribution in [0.25, 0.3) is 27.0 Å². The molecular weight excluding hydrogens is 494 g/mol. The van der Waals surface area contributed by atoms with Crippen LogP contribution in [0.3, 0.4) is 0 Å². The number of nitrogens with zero attached hydrogens (tertiary/aromatic N) is 8. The van der Waals surface area contributed by atoms with Crippen LogP contribution in [0.4, 0.5) is 17.2 Å². The molecule has 0 aliphatic heterocycles. The molecule has 11 heteroatoms. The molecule has 1 fully saturated rings. The minimum absolute atomic E-state index is 0.0307. The third-order valence-electron chi connectivity index (χ3n) is 7.05. The molecule has 0 amide bonds. The zero-order valence-electron chi connectivity index (χ0n) is 21.7. The second-order valence-corrected chi connectivity index (χ2v) is 9.75. The molecule has 1 aliphatic rings. The van der Waals surface area contributed by atoms with E-state index in [0.29, 0.717) is 17.4 Å². The van der Waals surface area contributed by atoms with Crippen molar-refractivity contribution in [1.29, 1.82) is 0 Å². The SMILES string of the molecule is [C-]#[N+]c1ccc(Nc2cc3c(cn2)c(-c2cnn(C)c2)nn3C2CCC(Oc3ccc(=O)n(C)n3)CC2)cc1. The van der Waals surface area contributed by atoms with Crippen LogP contribution in [0, 0.1) is 6.57 Å². The number of hydrogen-bond acceptors (Lipinski definition) is 7. The number of nitrogens with one attached hydrogen (secondary N) is 1. The Morgan fingerprint density at radius 3 is 2.51 bits per heavy atom. The summed E-state index contributed by atoms with van der Waals surface area (Å²) in [6.45, 7) is 7.16. The van der Waals surface area contributed by atoms with E-state index < -0.39 is 0 Å². The van der Waals surface area contributed by atoms with Gasteiger partial charge in [-0.3, -0.25) is 14.2 Å². The Morgan fingerprint density at radius 2 is 1.82 bits per heavy atom. The van der Waals surface area contributed by atoms with Crippen molar-refractivity contribution >= 4 is 28.1 Å². The lowest BCUT2D eigenvalue weighted by molar-refractivity contribution is 0.123. The molecule has 6 rings (SSSR count). The van der Waals surface area contributed by atoms with Crippen LogP contribution < -0.4 is 15.6 Å². The summed E-state index contributed by atoms with van der Waals surface area (Å²) >= 11 is 0. The van der Waals surface area contributed by atoms with Gasteiger partial charge in [-0.25, -0.2) is 14.5 Å². The third-order valence-corrected chi connectivity index (χ3v) is 7.05. The number of pyridine rings is 1. The maximum atomic E-state index is 11.6. The molecule has 0 unspecified atom stereocenters. The Labute approximate surface area is 224 Å². The normalized spacial score (nSPS) is 17.2. The molecule has 4 heterocycles. The van der Waals surface area contributed by atoms with Crippen molar-refractivity contribution in [2.45, 2.75) is 37.8 Å². The summed E-state index contributed by atoms with van der Waals surface area (Å²) in [5.74, 6) is 1.17. The molecule has 1 aromatic carbocycles. The van der Waals surface area contributed by atoms with E-state index in [2.05, 4.69) is 30.0 Å². The highest BCUT2D eigenvalue weighted by atomic mass is 16.5. The monoisotopic (exact) mass is 521 g/mol. The van der Waals surface area contributed by atoms with Gasteiger partial charge in [-0.2, -0.15) is 10.2 Å². The maximum Gasteiger partial charge on any atom is 0.266 e. The van der Waals surface area contributed by atoms with Crippen molar-refractivity contribution in [3.63, 3.8) is 0 Å². The van der Waals surface area contributed by atoms with Crippen LogP contribution in [0.1, 0.15) is 31.7 Å². The molecular formula is C28H27N9O2. The van der Waals surface area contributed by atoms with Gasteiger partial charge in [0.1, 0.15) is 17.6 Å². The zero-order valence-corrected chi connectivity index (χ0v) is 21.7. The fraction of sp³-hybridized carbons (Fsp3) is 0.286. The number of aryl methyl sites for hydroxylation is 2. The Balaban J connectivity index is 1.28. The van der Waals surface area contributed by atoms with Crippen LogP contribution in [0.2, 0.25) is 0 Å². The standard InChI is InChI=1S/C28H27N9O2/c1-29-19-4-6-20(7-5-19)32-25-14-24-23(16-30-25)28(18-15-31-35(2)17-18)34-37(24)21-8-10-22(11-9-21)39-26-12-13-27(38)36(3)33-26/h4-7,12-17,21-22H,8-11H2,2-3H3,(H,30,32). The zero-order chi connectivity index (χ0) is 26.9. The quantitative estimate of drug-likeness (QED) is 0.320. The predicted molar refractivity (Wildman–Crippen MR) is 147 cm³/mol. The molecule has 4 aromatic heterocycles. The van der Waals surface area contributed by atoms with Gasteiger partial charge in [-0.05, 0) is 37.8 Å². The van der Waals surface area contributed by atoms with E-state index in [4.69, 9.17) is 16.4 Å². The first-order valence-electron chi connectivity index (χ1n) is 12.8. The molecule has 0 atom stereocenters. The first-order chi connectivity index (χ1) is 19.0. The van der Waals surface area contributed by atoms with Crippen molar-refractivity contribution in [1.82, 2.24) is 34.3 Å². The summed E-state index contributed by atoms with van der Waals surface area (Å²) < 4.78 is 11.3. The van der Waals surface area contributed by atoms with Crippen molar-refractivity contribution in [2.24, 2.45) is 14.1 Å². The fourth-order valence-corrected chi connectivity index (χ4v) is 5.03. The van der Waals surface area contributed by atoms with E-state index in [-0.39, 0.29) is 17.7 Å². The van der Waals surface area contributed by atoms with Gasteiger partial charge in [-0.1, -0.05) is 12.1 Å². The lowest BCUT2D eigenvalue weighted by atomic mass is 9.93. The van der Waals surface area contributed by atoms with Gasteiger partial charge in [0.05, 0.1) is 24.3 Å². The highest BCUT2D eigenvalue weighted by molar-refractivity contribution is 5.94. The molecule has 196 valence electrons. The van der Waals surface area contributed by atoms with E-state index in [0.717, 1.165) is 53.5 Å². The Morgan fingerprint density at radius 1 is 1.03 bits per heavy atom. The van der Waals surface area contributed by atoms with Crippen molar-refractivity contribution < 1.29 is 4.74 Å². The van der Waals surface area contributed by atoms with E-state index in [1.807, 2.05) is 43.8 Å². The van der Waals surface area contributed by atoms with Gasteiger partial charge in [0.25, 0.3) is 5.56 Å². The summed E-state index contributed by atoms with van der Waals surface area (Å²) in [6, 6.07) is 12.6. The van der Waals surface area contributed by atoms with E-state index in [1.165, 1.54) is 10.7 Å². The number of hydrogen-bond donors (Lipinski definition) is 1. The number of rotatable bonds is 6. The number of ether oxygens (including phenoxy) is 1. The highest BCUT2D eigenvalue weighted by Gasteiger charge is 2.27. The topological polar surface area (TPSA) is 109 Å². The minimum Gasteiger partial charge on any atom is -0.473 e. The van der Waals surface area contributed by atoms with Gasteiger partial charge in [0.2, 0.25) is 5.88 Å². The molecule has 39 heavy (non-hydrogen) atoms. The van der Waals surface area contributed by atoms with Crippen LogP contribution in [0.5, 0.6) is 5.88 Å². The molecule has 11 nitrogen and oxygen atoms in total. The van der Waals surface area contributed by atoms with Crippen LogP contribution in [0.15, 0.2) is 65.8 Å². The summed E-state index contributed by atoms with van der Waals surface area (Å²) in [5, 5.41) is 17.9. The van der Waals surface area contributed by atoms with Crippen LogP contribution in [-0.4, -0.2) is 40.4 Å². The van der Waals surface area contributed by atoms with Gasteiger partial charge in [0, 0.05) is 61.3 Å². The first kappa shape index (κ1) is 24.4. The van der Waals surface area contributed by atoms with Gasteiger partial charge >= 0.3 is 0 Å². The summed E-state index contributed by atoms with van der Waals surface area (Å²) in [7, 11) is 3.51. The Bertz CT molecular complexity index is 1740. The van der Waals surface area contributed by atoms with Crippen LogP contribution >= 0.6 is 0 Å². The summed E-state index contributed by atoms with van der Waals surface area (Å²) in [6.07, 6.45) is 9.15. The summed E-state index contributed by atoms with van der Waals surface area (Å²) in [5.41, 5.74) is 4.08. The van der Waals surface area contributed by atoms with Crippen LogP contribution in [-0.2, 0) is 14.1 Å². The van der Waals surface area contributed by atoms with Gasteiger partial charge in [-0.15, -0.1) is 5.10 Å². The first-order valence-corrected chi connectivity index (χ1v) is 12.8. The molecule has 0 spiro atoms. The van der Waals surface area contributed by atoms with Crippen molar-refractivity contribution in [2.75, 3.05) is 5.32 Å². The highest BCUT2D eigenvalue weighted by Crippen LogP contribution is 2.36. The number of benzene rings is 1. The number of fused-ring (bicyclic) bond motifs is 1. The maximum absolute atomic E-state index is 11.6. The van der Waals surface area contributed by atoms with Gasteiger partial charge < -0.3 is 10.1 Å². The average Bonchev–Trinajstić information content (AvgIpc) is 3.55. The number of anilines is 2. The second-order valence-electron chi connectivity index (χ2n) is 9.75. The number of aromatic nitrogens is 7. The predicted octanol–water partition coefficient (Wildman–Crippen LogP) is 4.78. The molecule has 1 aliphatic carbocycles.